The number of imidazole rings is 1. The lowest BCUT2D eigenvalue weighted by Crippen LogP contribution is -2.47. The molecule has 0 radical (unpaired) electrons. The summed E-state index contributed by atoms with van der Waals surface area (Å²) in [5.74, 6) is 2.16. The third-order valence-corrected chi connectivity index (χ3v) is 13.0. The Morgan fingerprint density at radius 2 is 1.37 bits per heavy atom. The maximum atomic E-state index is 13.3. The Morgan fingerprint density at radius 1 is 0.804 bits per heavy atom. The van der Waals surface area contributed by atoms with E-state index in [-0.39, 0.29) is 58.6 Å². The van der Waals surface area contributed by atoms with Crippen molar-refractivity contribution in [2.75, 3.05) is 6.54 Å². The number of aliphatic imine (C=N–C) groups is 1. The van der Waals surface area contributed by atoms with Gasteiger partial charge >= 0.3 is 12.2 Å². The van der Waals surface area contributed by atoms with Crippen LogP contribution in [0.5, 0.6) is 0 Å². The Bertz CT molecular complexity index is 1960. The molecule has 3 unspecified atom stereocenters. The van der Waals surface area contributed by atoms with Gasteiger partial charge in [0.2, 0.25) is 0 Å². The molecule has 2 aromatic carbocycles. The van der Waals surface area contributed by atoms with Crippen molar-refractivity contribution in [1.29, 1.82) is 0 Å². The van der Waals surface area contributed by atoms with Crippen LogP contribution in [0.3, 0.4) is 0 Å². The van der Waals surface area contributed by atoms with E-state index in [1.165, 1.54) is 5.56 Å². The fourth-order valence-corrected chi connectivity index (χ4v) is 10.2. The number of rotatable bonds is 5. The molecule has 3 aliphatic carbocycles. The van der Waals surface area contributed by atoms with Crippen LogP contribution >= 0.6 is 0 Å². The van der Waals surface area contributed by atoms with E-state index in [0.29, 0.717) is 12.5 Å². The van der Waals surface area contributed by atoms with Gasteiger partial charge in [0.15, 0.2) is 0 Å². The molecule has 2 N–H and O–H groups in total. The number of carbonyl (C=O) groups excluding carboxylic acids is 2. The Kier molecular flexibility index (Phi) is 6.49. The minimum absolute atomic E-state index is 0.0513. The van der Waals surface area contributed by atoms with Crippen LogP contribution in [0.4, 0.5) is 9.59 Å². The zero-order valence-electron chi connectivity index (χ0n) is 31.2. The third kappa shape index (κ3) is 4.80. The Hall–Kier alpha value is -4.34. The monoisotopic (exact) mass is 690 g/mol. The van der Waals surface area contributed by atoms with E-state index in [0.717, 1.165) is 46.9 Å². The number of aromatic amines is 1. The second kappa shape index (κ2) is 10.2. The van der Waals surface area contributed by atoms with E-state index in [9.17, 15) is 9.59 Å². The van der Waals surface area contributed by atoms with Gasteiger partial charge in [0.1, 0.15) is 22.9 Å². The average Bonchev–Trinajstić information content (AvgIpc) is 3.59. The van der Waals surface area contributed by atoms with E-state index in [1.54, 1.807) is 0 Å². The highest BCUT2D eigenvalue weighted by atomic mass is 16.6. The molecule has 2 amide bonds. The van der Waals surface area contributed by atoms with E-state index in [4.69, 9.17) is 19.5 Å². The topological polar surface area (TPSA) is 112 Å². The minimum atomic E-state index is -0.544. The number of fused-ring (bicyclic) bond motifs is 2. The summed E-state index contributed by atoms with van der Waals surface area (Å²) in [7, 11) is 0. The summed E-state index contributed by atoms with van der Waals surface area (Å²) in [5.41, 5.74) is 4.81. The van der Waals surface area contributed by atoms with E-state index in [2.05, 4.69) is 79.6 Å². The summed E-state index contributed by atoms with van der Waals surface area (Å²) in [5, 5.41) is 3.70. The molecule has 10 heteroatoms. The molecule has 51 heavy (non-hydrogen) atoms. The maximum absolute atomic E-state index is 13.3. The number of ether oxygens (including phenoxy) is 2. The normalized spacial score (nSPS) is 35.5. The van der Waals surface area contributed by atoms with Crippen LogP contribution < -0.4 is 5.32 Å². The lowest BCUT2D eigenvalue weighted by Gasteiger charge is -2.29. The molecule has 10 rings (SSSR count). The molecule has 3 saturated heterocycles. The Morgan fingerprint density at radius 3 is 1.98 bits per heavy atom. The number of amidine groups is 1. The Balaban J connectivity index is 0.857. The highest BCUT2D eigenvalue weighted by Crippen LogP contribution is 2.96. The molecule has 1 aromatic heterocycles. The summed E-state index contributed by atoms with van der Waals surface area (Å²) >= 11 is 0. The summed E-state index contributed by atoms with van der Waals surface area (Å²) < 4.78 is 11.6. The first-order valence-corrected chi connectivity index (χ1v) is 18.5. The third-order valence-electron chi connectivity index (χ3n) is 13.0. The van der Waals surface area contributed by atoms with Crippen molar-refractivity contribution in [3.05, 3.63) is 66.1 Å². The largest absolute Gasteiger partial charge is 0.444 e. The van der Waals surface area contributed by atoms with Crippen molar-refractivity contribution in [3.63, 3.8) is 0 Å². The van der Waals surface area contributed by atoms with Crippen molar-refractivity contribution in [2.45, 2.75) is 117 Å². The smallest absolute Gasteiger partial charge is 0.411 e. The second-order valence-electron chi connectivity index (χ2n) is 18.6. The number of piperidine rings is 2. The minimum Gasteiger partial charge on any atom is -0.444 e. The molecule has 2 bridgehead atoms. The predicted octanol–water partition coefficient (Wildman–Crippen LogP) is 7.89. The quantitative estimate of drug-likeness (QED) is 0.282. The fourth-order valence-electron chi connectivity index (χ4n) is 10.2. The van der Waals surface area contributed by atoms with Gasteiger partial charge in [-0.1, -0.05) is 69.3 Å². The zero-order chi connectivity index (χ0) is 36.0. The van der Waals surface area contributed by atoms with E-state index in [1.807, 2.05) is 57.5 Å². The van der Waals surface area contributed by atoms with Crippen molar-refractivity contribution in [1.82, 2.24) is 25.1 Å². The number of nitrogens with zero attached hydrogens (tertiary/aromatic N) is 4. The van der Waals surface area contributed by atoms with Gasteiger partial charge in [-0.2, -0.15) is 0 Å². The highest BCUT2D eigenvalue weighted by molar-refractivity contribution is 5.96. The number of likely N-dealkylation sites (tertiary alicyclic amines) is 1. The molecule has 10 nitrogen and oxygen atoms in total. The van der Waals surface area contributed by atoms with Crippen LogP contribution in [-0.2, 0) is 9.47 Å². The summed E-state index contributed by atoms with van der Waals surface area (Å²) in [6.07, 6.45) is 3.28. The summed E-state index contributed by atoms with van der Waals surface area (Å²) in [6, 6.07) is 17.5. The Labute approximate surface area is 300 Å². The molecular weight excluding hydrogens is 640 g/mol. The van der Waals surface area contributed by atoms with Crippen molar-refractivity contribution in [2.24, 2.45) is 27.2 Å². The average molecular weight is 691 g/mol. The number of carbonyl (C=O) groups is 2. The van der Waals surface area contributed by atoms with Gasteiger partial charge < -0.3 is 19.8 Å². The molecule has 6 fully saturated rings. The highest BCUT2D eigenvalue weighted by Gasteiger charge is 3.02. The molecule has 3 saturated carbocycles. The van der Waals surface area contributed by atoms with Crippen LogP contribution in [-0.4, -0.2) is 73.7 Å². The first-order valence-electron chi connectivity index (χ1n) is 18.5. The number of H-pyrrole nitrogens is 1. The molecule has 3 aromatic rings. The van der Waals surface area contributed by atoms with Crippen LogP contribution in [0.1, 0.15) is 98.6 Å². The predicted molar refractivity (Wildman–Crippen MR) is 195 cm³/mol. The molecular formula is C41H50N6O4. The standard InChI is InChI=1S/C41H50N6O4/c1-37(2,3)50-35(48)46-28(18-39(7)19-29(39)46)32-42-20-26(44-32)24-14-10-22(11-15-24)23-12-16-25(17-13-23)27-21-43-33(45-27)30-31-40(8)34(41(31,40)9)47(30)36(49)51-38(4,5)6/h10-17,20,27-31,34H,18-19,21H2,1-9H3,(H,42,44)(H,43,45)/t27?,28-,29+,30-,31?,34?,39-,40-,41+/m0/s1. The van der Waals surface area contributed by atoms with Crippen molar-refractivity contribution >= 4 is 18.0 Å². The van der Waals surface area contributed by atoms with Gasteiger partial charge in [-0.15, -0.1) is 0 Å². The summed E-state index contributed by atoms with van der Waals surface area (Å²) in [6.45, 7) is 19.0. The van der Waals surface area contributed by atoms with Gasteiger partial charge in [-0.25, -0.2) is 14.6 Å². The first-order chi connectivity index (χ1) is 23.9. The van der Waals surface area contributed by atoms with Crippen LogP contribution in [0.25, 0.3) is 22.4 Å². The number of benzene rings is 2. The van der Waals surface area contributed by atoms with Gasteiger partial charge in [-0.3, -0.25) is 14.8 Å². The zero-order valence-corrected chi connectivity index (χ0v) is 31.2. The first kappa shape index (κ1) is 32.6. The molecule has 0 spiro atoms. The molecule has 4 aliphatic heterocycles. The van der Waals surface area contributed by atoms with Crippen LogP contribution in [0.2, 0.25) is 0 Å². The number of aromatic nitrogens is 2. The van der Waals surface area contributed by atoms with Crippen molar-refractivity contribution in [3.8, 4) is 22.4 Å². The summed E-state index contributed by atoms with van der Waals surface area (Å²) in [4.78, 5) is 43.6. The van der Waals surface area contributed by atoms with E-state index >= 15 is 0 Å². The van der Waals surface area contributed by atoms with Crippen molar-refractivity contribution < 1.29 is 19.1 Å². The van der Waals surface area contributed by atoms with Gasteiger partial charge in [0.05, 0.1) is 36.6 Å². The second-order valence-corrected chi connectivity index (χ2v) is 18.6. The van der Waals surface area contributed by atoms with Gasteiger partial charge in [0.25, 0.3) is 0 Å². The van der Waals surface area contributed by atoms with E-state index < -0.39 is 11.2 Å². The maximum Gasteiger partial charge on any atom is 0.411 e. The van der Waals surface area contributed by atoms with Crippen LogP contribution in [0, 0.1) is 22.2 Å². The van der Waals surface area contributed by atoms with Gasteiger partial charge in [0, 0.05) is 28.8 Å². The van der Waals surface area contributed by atoms with Crippen LogP contribution in [0.15, 0.2) is 59.7 Å². The lowest BCUT2D eigenvalue weighted by atomic mass is 9.98. The van der Waals surface area contributed by atoms with Gasteiger partial charge in [-0.05, 0) is 82.1 Å². The lowest BCUT2D eigenvalue weighted by molar-refractivity contribution is 0.0173. The molecule has 268 valence electrons. The number of hydrogen-bond donors (Lipinski definition) is 2. The molecule has 7 aliphatic rings. The number of nitrogens with one attached hydrogen (secondary N) is 2. The SMILES string of the molecule is CC(C)(C)OC(=O)N1C2[C@]3(C)C([C@H]1C1=NCC(c4ccc(-c5ccc(-c6cnc([C@@H]7C[C@@]8(C)C[C@H]8N7C(=O)OC(C)(C)C)[nH]6)cc5)cc4)N1)[C@]23C. The number of amides is 2. The number of hydrogen-bond acceptors (Lipinski definition) is 7. The fraction of sp³-hybridized carbons (Fsp3) is 0.561. The molecule has 9 atom stereocenters. The molecule has 5 heterocycles.